The molecule has 0 saturated heterocycles. The van der Waals surface area contributed by atoms with E-state index in [1.807, 2.05) is 6.92 Å². The molecule has 0 radical (unpaired) electrons. The molecule has 0 spiro atoms. The highest BCUT2D eigenvalue weighted by Crippen LogP contribution is 2.39. The molecule has 0 aliphatic heterocycles. The Morgan fingerprint density at radius 2 is 1.90 bits per heavy atom. The van der Waals surface area contributed by atoms with E-state index in [1.165, 1.54) is 5.56 Å². The molecule has 0 atom stereocenters. The molecule has 0 bridgehead atoms. The van der Waals surface area contributed by atoms with Crippen LogP contribution in [-0.4, -0.2) is 10.1 Å². The zero-order chi connectivity index (χ0) is 15.0. The van der Waals surface area contributed by atoms with Gasteiger partial charge in [-0.3, -0.25) is 0 Å². The van der Waals surface area contributed by atoms with Gasteiger partial charge in [0.15, 0.2) is 11.6 Å². The van der Waals surface area contributed by atoms with Crippen molar-refractivity contribution in [3.8, 4) is 21.8 Å². The summed E-state index contributed by atoms with van der Waals surface area (Å²) in [4.78, 5) is 5.21. The zero-order valence-corrected chi connectivity index (χ0v) is 13.1. The van der Waals surface area contributed by atoms with Crippen LogP contribution in [0.15, 0.2) is 35.0 Å². The van der Waals surface area contributed by atoms with Crippen LogP contribution in [0.4, 0.5) is 5.82 Å². The standard InChI is InChI=1S/C16H17N3OS/c1-9(2)11-4-6-12(7-5-11)14-15(20-19-16(14)17)13-8-18-10(3)21-13/h4-9H,1-3H3,(H2,17,19). The number of nitrogen functional groups attached to an aromatic ring is 1. The molecule has 0 amide bonds. The van der Waals surface area contributed by atoms with Gasteiger partial charge < -0.3 is 10.3 Å². The van der Waals surface area contributed by atoms with Crippen LogP contribution in [0, 0.1) is 6.92 Å². The van der Waals surface area contributed by atoms with Gasteiger partial charge in [0, 0.05) is 6.20 Å². The molecule has 3 aromatic rings. The van der Waals surface area contributed by atoms with E-state index in [4.69, 9.17) is 10.3 Å². The fraction of sp³-hybridized carbons (Fsp3) is 0.250. The largest absolute Gasteiger partial charge is 0.380 e. The second-order valence-corrected chi connectivity index (χ2v) is 6.53. The van der Waals surface area contributed by atoms with E-state index in [9.17, 15) is 0 Å². The molecule has 0 saturated carbocycles. The quantitative estimate of drug-likeness (QED) is 0.774. The Labute approximate surface area is 127 Å². The maximum Gasteiger partial charge on any atom is 0.188 e. The van der Waals surface area contributed by atoms with E-state index in [0.29, 0.717) is 17.5 Å². The number of nitrogens with zero attached hydrogens (tertiary/aromatic N) is 2. The Bertz CT molecular complexity index is 756. The lowest BCUT2D eigenvalue weighted by molar-refractivity contribution is 0.437. The molecule has 0 fully saturated rings. The Morgan fingerprint density at radius 3 is 2.48 bits per heavy atom. The number of rotatable bonds is 3. The maximum absolute atomic E-state index is 5.99. The van der Waals surface area contributed by atoms with Crippen LogP contribution in [0.5, 0.6) is 0 Å². The van der Waals surface area contributed by atoms with E-state index in [2.05, 4.69) is 48.3 Å². The van der Waals surface area contributed by atoms with Crippen molar-refractivity contribution >= 4 is 17.2 Å². The van der Waals surface area contributed by atoms with Gasteiger partial charge in [0.25, 0.3) is 0 Å². The van der Waals surface area contributed by atoms with Gasteiger partial charge >= 0.3 is 0 Å². The van der Waals surface area contributed by atoms with Gasteiger partial charge in [-0.1, -0.05) is 43.3 Å². The van der Waals surface area contributed by atoms with Crippen LogP contribution in [-0.2, 0) is 0 Å². The van der Waals surface area contributed by atoms with Crippen molar-refractivity contribution in [1.29, 1.82) is 0 Å². The first-order valence-corrected chi connectivity index (χ1v) is 7.66. The molecule has 108 valence electrons. The molecule has 3 rings (SSSR count). The SMILES string of the molecule is Cc1ncc(-c2onc(N)c2-c2ccc(C(C)C)cc2)s1. The van der Waals surface area contributed by atoms with Crippen LogP contribution < -0.4 is 5.73 Å². The highest BCUT2D eigenvalue weighted by Gasteiger charge is 2.19. The summed E-state index contributed by atoms with van der Waals surface area (Å²) in [6.45, 7) is 6.31. The average Bonchev–Trinajstić information content (AvgIpc) is 3.05. The van der Waals surface area contributed by atoms with Crippen molar-refractivity contribution in [3.05, 3.63) is 41.0 Å². The molecule has 2 heterocycles. The Kier molecular flexibility index (Phi) is 3.51. The summed E-state index contributed by atoms with van der Waals surface area (Å²) >= 11 is 1.57. The summed E-state index contributed by atoms with van der Waals surface area (Å²) in [7, 11) is 0. The predicted molar refractivity (Wildman–Crippen MR) is 86.3 cm³/mol. The fourth-order valence-corrected chi connectivity index (χ4v) is 3.01. The Hall–Kier alpha value is -2.14. The predicted octanol–water partition coefficient (Wildman–Crippen LogP) is 4.48. The first-order valence-electron chi connectivity index (χ1n) is 6.84. The minimum absolute atomic E-state index is 0.411. The number of benzene rings is 1. The number of anilines is 1. The average molecular weight is 299 g/mol. The molecule has 0 unspecified atom stereocenters. The number of aryl methyl sites for hydroxylation is 1. The van der Waals surface area contributed by atoms with Crippen LogP contribution in [0.3, 0.4) is 0 Å². The van der Waals surface area contributed by atoms with Crippen LogP contribution in [0.1, 0.15) is 30.3 Å². The number of thiazole rings is 1. The highest BCUT2D eigenvalue weighted by molar-refractivity contribution is 7.15. The summed E-state index contributed by atoms with van der Waals surface area (Å²) in [5, 5.41) is 4.90. The Morgan fingerprint density at radius 1 is 1.19 bits per heavy atom. The summed E-state index contributed by atoms with van der Waals surface area (Å²) in [5.74, 6) is 1.60. The smallest absolute Gasteiger partial charge is 0.188 e. The normalized spacial score (nSPS) is 11.2. The number of nitrogens with two attached hydrogens (primary N) is 1. The number of aromatic nitrogens is 2. The molecule has 2 N–H and O–H groups in total. The van der Waals surface area contributed by atoms with Gasteiger partial charge in [0.2, 0.25) is 0 Å². The second-order valence-electron chi connectivity index (χ2n) is 5.29. The first kappa shape index (κ1) is 13.8. The molecule has 4 nitrogen and oxygen atoms in total. The van der Waals surface area contributed by atoms with Gasteiger partial charge in [0.1, 0.15) is 0 Å². The minimum atomic E-state index is 0.411. The second kappa shape index (κ2) is 5.33. The molecular weight excluding hydrogens is 282 g/mol. The van der Waals surface area contributed by atoms with Crippen molar-refractivity contribution < 1.29 is 4.52 Å². The lowest BCUT2D eigenvalue weighted by atomic mass is 9.98. The monoisotopic (exact) mass is 299 g/mol. The Balaban J connectivity index is 2.08. The van der Waals surface area contributed by atoms with E-state index >= 15 is 0 Å². The molecule has 21 heavy (non-hydrogen) atoms. The molecule has 0 aliphatic rings. The van der Waals surface area contributed by atoms with Crippen molar-refractivity contribution in [2.45, 2.75) is 26.7 Å². The molecular formula is C16H17N3OS. The highest BCUT2D eigenvalue weighted by atomic mass is 32.1. The van der Waals surface area contributed by atoms with Gasteiger partial charge in [-0.25, -0.2) is 4.98 Å². The van der Waals surface area contributed by atoms with E-state index in [1.54, 1.807) is 17.5 Å². The zero-order valence-electron chi connectivity index (χ0n) is 12.3. The van der Waals surface area contributed by atoms with Crippen molar-refractivity contribution in [1.82, 2.24) is 10.1 Å². The summed E-state index contributed by atoms with van der Waals surface area (Å²) in [6, 6.07) is 8.37. The number of hydrogen-bond donors (Lipinski definition) is 1. The summed E-state index contributed by atoms with van der Waals surface area (Å²) in [6.07, 6.45) is 1.80. The number of hydrogen-bond acceptors (Lipinski definition) is 5. The maximum atomic E-state index is 5.99. The van der Waals surface area contributed by atoms with Gasteiger partial charge in [-0.2, -0.15) is 0 Å². The first-order chi connectivity index (χ1) is 10.1. The third-order valence-corrected chi connectivity index (χ3v) is 4.34. The van der Waals surface area contributed by atoms with Crippen molar-refractivity contribution in [2.75, 3.05) is 5.73 Å². The van der Waals surface area contributed by atoms with E-state index in [-0.39, 0.29) is 0 Å². The molecule has 0 aliphatic carbocycles. The molecule has 1 aromatic carbocycles. The van der Waals surface area contributed by atoms with Gasteiger partial charge in [-0.15, -0.1) is 11.3 Å². The summed E-state index contributed by atoms with van der Waals surface area (Å²) < 4.78 is 5.42. The molecule has 5 heteroatoms. The molecule has 2 aromatic heterocycles. The lowest BCUT2D eigenvalue weighted by Gasteiger charge is -2.06. The van der Waals surface area contributed by atoms with E-state index in [0.717, 1.165) is 21.0 Å². The lowest BCUT2D eigenvalue weighted by Crippen LogP contribution is -1.90. The minimum Gasteiger partial charge on any atom is -0.380 e. The van der Waals surface area contributed by atoms with Gasteiger partial charge in [-0.05, 0) is 24.0 Å². The topological polar surface area (TPSA) is 64.9 Å². The van der Waals surface area contributed by atoms with E-state index < -0.39 is 0 Å². The van der Waals surface area contributed by atoms with Gasteiger partial charge in [0.05, 0.1) is 15.4 Å². The summed E-state index contributed by atoms with van der Waals surface area (Å²) in [5.41, 5.74) is 9.14. The third kappa shape index (κ3) is 2.56. The van der Waals surface area contributed by atoms with Crippen LogP contribution in [0.25, 0.3) is 21.8 Å². The van der Waals surface area contributed by atoms with Crippen LogP contribution >= 0.6 is 11.3 Å². The van der Waals surface area contributed by atoms with Crippen LogP contribution in [0.2, 0.25) is 0 Å². The third-order valence-electron chi connectivity index (χ3n) is 3.43. The fourth-order valence-electron chi connectivity index (χ4n) is 2.25. The van der Waals surface area contributed by atoms with Crippen molar-refractivity contribution in [2.24, 2.45) is 0 Å². The van der Waals surface area contributed by atoms with Crippen molar-refractivity contribution in [3.63, 3.8) is 0 Å².